The van der Waals surface area contributed by atoms with Gasteiger partial charge in [-0.15, -0.1) is 0 Å². The molecule has 1 aromatic carbocycles. The van der Waals surface area contributed by atoms with Crippen molar-refractivity contribution in [1.29, 1.82) is 0 Å². The first-order valence-corrected chi connectivity index (χ1v) is 7.10. The highest BCUT2D eigenvalue weighted by atomic mass is 16.5. The Labute approximate surface area is 123 Å². The van der Waals surface area contributed by atoms with E-state index in [0.717, 1.165) is 30.5 Å². The quantitative estimate of drug-likeness (QED) is 0.936. The number of fused-ring (bicyclic) bond motifs is 1. The zero-order valence-electron chi connectivity index (χ0n) is 11.9. The highest BCUT2D eigenvalue weighted by Gasteiger charge is 2.24. The lowest BCUT2D eigenvalue weighted by molar-refractivity contribution is 0.0685. The second-order valence-corrected chi connectivity index (χ2v) is 5.31. The van der Waals surface area contributed by atoms with Crippen LogP contribution in [0.15, 0.2) is 36.4 Å². The van der Waals surface area contributed by atoms with Crippen molar-refractivity contribution in [2.45, 2.75) is 32.3 Å². The van der Waals surface area contributed by atoms with Gasteiger partial charge in [0.1, 0.15) is 11.7 Å². The van der Waals surface area contributed by atoms with E-state index >= 15 is 0 Å². The summed E-state index contributed by atoms with van der Waals surface area (Å²) in [7, 11) is 0. The van der Waals surface area contributed by atoms with E-state index in [1.165, 1.54) is 5.56 Å². The van der Waals surface area contributed by atoms with Crippen LogP contribution in [-0.4, -0.2) is 16.1 Å². The Balaban J connectivity index is 1.95. The van der Waals surface area contributed by atoms with E-state index in [2.05, 4.69) is 17.1 Å². The molecule has 4 heteroatoms. The smallest absolute Gasteiger partial charge is 0.341 e. The minimum absolute atomic E-state index is 0.114. The molecule has 4 nitrogen and oxygen atoms in total. The Morgan fingerprint density at radius 2 is 2.10 bits per heavy atom. The number of pyridine rings is 1. The number of ether oxygens (including phenoxy) is 1. The second-order valence-electron chi connectivity index (χ2n) is 5.31. The number of hydrogen-bond acceptors (Lipinski definition) is 3. The van der Waals surface area contributed by atoms with E-state index in [-0.39, 0.29) is 17.5 Å². The van der Waals surface area contributed by atoms with Gasteiger partial charge in [0, 0.05) is 5.69 Å². The first-order chi connectivity index (χ1) is 10.1. The summed E-state index contributed by atoms with van der Waals surface area (Å²) in [5, 5.41) is 9.26. The highest BCUT2D eigenvalue weighted by molar-refractivity contribution is 5.90. The number of aromatic carboxylic acids is 1. The first-order valence-electron chi connectivity index (χ1n) is 7.10. The maximum atomic E-state index is 11.3. The molecule has 1 unspecified atom stereocenters. The Hall–Kier alpha value is -2.36. The molecule has 0 spiro atoms. The van der Waals surface area contributed by atoms with Crippen molar-refractivity contribution in [2.75, 3.05) is 0 Å². The third kappa shape index (κ3) is 2.75. The summed E-state index contributed by atoms with van der Waals surface area (Å²) in [5.41, 5.74) is 3.28. The maximum Gasteiger partial charge on any atom is 0.341 e. The van der Waals surface area contributed by atoms with Crippen LogP contribution in [0.3, 0.4) is 0 Å². The lowest BCUT2D eigenvalue weighted by Gasteiger charge is -2.26. The van der Waals surface area contributed by atoms with E-state index in [1.54, 1.807) is 12.1 Å². The fraction of sp³-hybridized carbons (Fsp3) is 0.294. The van der Waals surface area contributed by atoms with Gasteiger partial charge in [0.2, 0.25) is 5.88 Å². The van der Waals surface area contributed by atoms with Crippen molar-refractivity contribution in [1.82, 2.24) is 4.98 Å². The Bertz CT molecular complexity index is 681. The third-order valence-electron chi connectivity index (χ3n) is 3.80. The van der Waals surface area contributed by atoms with Gasteiger partial charge in [0.15, 0.2) is 0 Å². The summed E-state index contributed by atoms with van der Waals surface area (Å²) in [6.07, 6.45) is 2.84. The van der Waals surface area contributed by atoms with E-state index in [4.69, 9.17) is 4.74 Å². The van der Waals surface area contributed by atoms with E-state index in [0.29, 0.717) is 0 Å². The van der Waals surface area contributed by atoms with Gasteiger partial charge in [-0.05, 0) is 49.4 Å². The van der Waals surface area contributed by atoms with Gasteiger partial charge >= 0.3 is 5.97 Å². The van der Waals surface area contributed by atoms with Gasteiger partial charge in [-0.3, -0.25) is 0 Å². The molecule has 1 aromatic heterocycles. The molecule has 1 aliphatic carbocycles. The topological polar surface area (TPSA) is 59.4 Å². The summed E-state index contributed by atoms with van der Waals surface area (Å²) in [6.45, 7) is 1.83. The van der Waals surface area contributed by atoms with Crippen molar-refractivity contribution in [3.63, 3.8) is 0 Å². The Morgan fingerprint density at radius 3 is 2.90 bits per heavy atom. The number of aromatic nitrogens is 1. The van der Waals surface area contributed by atoms with Crippen molar-refractivity contribution in [2.24, 2.45) is 0 Å². The average molecular weight is 283 g/mol. The molecule has 1 N–H and O–H groups in total. The molecule has 0 saturated carbocycles. The molecular formula is C17H17NO3. The number of carboxylic acid groups (broad SMARTS) is 1. The molecule has 0 radical (unpaired) electrons. The van der Waals surface area contributed by atoms with Crippen LogP contribution in [0.25, 0.3) is 0 Å². The summed E-state index contributed by atoms with van der Waals surface area (Å²) in [4.78, 5) is 15.6. The number of carbonyl (C=O) groups is 1. The van der Waals surface area contributed by atoms with Crippen LogP contribution in [-0.2, 0) is 6.42 Å². The monoisotopic (exact) mass is 283 g/mol. The minimum Gasteiger partial charge on any atom is -0.477 e. The van der Waals surface area contributed by atoms with Gasteiger partial charge in [0.25, 0.3) is 0 Å². The van der Waals surface area contributed by atoms with Crippen molar-refractivity contribution in [3.8, 4) is 5.88 Å². The SMILES string of the molecule is Cc1ccc(C(=O)O)c(OC2CCCc3ccccc32)n1. The number of nitrogens with zero attached hydrogens (tertiary/aromatic N) is 1. The number of aryl methyl sites for hydroxylation is 2. The third-order valence-corrected chi connectivity index (χ3v) is 3.80. The van der Waals surface area contributed by atoms with Crippen molar-refractivity contribution >= 4 is 5.97 Å². The molecule has 1 heterocycles. The van der Waals surface area contributed by atoms with Crippen LogP contribution in [0.1, 0.15) is 46.1 Å². The van der Waals surface area contributed by atoms with Crippen molar-refractivity contribution < 1.29 is 14.6 Å². The molecule has 0 aliphatic heterocycles. The molecular weight excluding hydrogens is 266 g/mol. The van der Waals surface area contributed by atoms with Crippen LogP contribution >= 0.6 is 0 Å². The molecule has 0 bridgehead atoms. The van der Waals surface area contributed by atoms with Crippen LogP contribution in [0.4, 0.5) is 0 Å². The number of carboxylic acids is 1. The normalized spacial score (nSPS) is 17.1. The standard InChI is InChI=1S/C17H17NO3/c1-11-9-10-14(17(19)20)16(18-11)21-15-8-4-6-12-5-2-3-7-13(12)15/h2-3,5,7,9-10,15H,4,6,8H2,1H3,(H,19,20). The molecule has 0 saturated heterocycles. The van der Waals surface area contributed by atoms with Gasteiger partial charge in [0.05, 0.1) is 0 Å². The highest BCUT2D eigenvalue weighted by Crippen LogP contribution is 2.34. The van der Waals surface area contributed by atoms with E-state index in [1.807, 2.05) is 19.1 Å². The first kappa shape index (κ1) is 13.6. The summed E-state index contributed by atoms with van der Waals surface area (Å²) >= 11 is 0. The van der Waals surface area contributed by atoms with Gasteiger partial charge in [-0.25, -0.2) is 9.78 Å². The molecule has 0 fully saturated rings. The van der Waals surface area contributed by atoms with Crippen LogP contribution in [0.5, 0.6) is 5.88 Å². The Kier molecular flexibility index (Phi) is 3.60. The van der Waals surface area contributed by atoms with Crippen molar-refractivity contribution in [3.05, 3.63) is 58.8 Å². The molecule has 1 atom stereocenters. The van der Waals surface area contributed by atoms with Crippen LogP contribution < -0.4 is 4.74 Å². The summed E-state index contributed by atoms with van der Waals surface area (Å²) in [5.74, 6) is -0.800. The number of benzene rings is 1. The predicted octanol–water partition coefficient (Wildman–Crippen LogP) is 3.54. The molecule has 0 amide bonds. The molecule has 108 valence electrons. The van der Waals surface area contributed by atoms with Crippen LogP contribution in [0, 0.1) is 6.92 Å². The fourth-order valence-corrected chi connectivity index (χ4v) is 2.75. The number of rotatable bonds is 3. The molecule has 21 heavy (non-hydrogen) atoms. The molecule has 2 aromatic rings. The van der Waals surface area contributed by atoms with Gasteiger partial charge in [-0.1, -0.05) is 24.3 Å². The number of hydrogen-bond donors (Lipinski definition) is 1. The lowest BCUT2D eigenvalue weighted by atomic mass is 9.89. The van der Waals surface area contributed by atoms with E-state index < -0.39 is 5.97 Å². The largest absolute Gasteiger partial charge is 0.477 e. The van der Waals surface area contributed by atoms with Gasteiger partial charge < -0.3 is 9.84 Å². The molecule has 1 aliphatic rings. The fourth-order valence-electron chi connectivity index (χ4n) is 2.75. The zero-order valence-corrected chi connectivity index (χ0v) is 11.9. The minimum atomic E-state index is -1.01. The summed E-state index contributed by atoms with van der Waals surface area (Å²) < 4.78 is 5.96. The average Bonchev–Trinajstić information content (AvgIpc) is 2.47. The Morgan fingerprint density at radius 1 is 1.29 bits per heavy atom. The van der Waals surface area contributed by atoms with Crippen LogP contribution in [0.2, 0.25) is 0 Å². The summed E-state index contributed by atoms with van der Waals surface area (Å²) in [6, 6.07) is 11.4. The van der Waals surface area contributed by atoms with Gasteiger partial charge in [-0.2, -0.15) is 0 Å². The molecule has 3 rings (SSSR count). The van der Waals surface area contributed by atoms with E-state index in [9.17, 15) is 9.90 Å². The lowest BCUT2D eigenvalue weighted by Crippen LogP contribution is -2.17. The maximum absolute atomic E-state index is 11.3. The second kappa shape index (κ2) is 5.56. The predicted molar refractivity (Wildman–Crippen MR) is 78.7 cm³/mol. The zero-order chi connectivity index (χ0) is 14.8.